The van der Waals surface area contributed by atoms with Gasteiger partial charge in [-0.3, -0.25) is 0 Å². The molecule has 0 saturated heterocycles. The molecule has 0 aliphatic rings. The average molecular weight is 336 g/mol. The van der Waals surface area contributed by atoms with Crippen LogP contribution in [0, 0.1) is 5.92 Å². The second kappa shape index (κ2) is 12.1. The molecule has 1 nitrogen and oxygen atoms in total. The minimum atomic E-state index is 0.563. The Bertz CT molecular complexity index is 610. The molecule has 1 heteroatoms. The highest BCUT2D eigenvalue weighted by atomic mass is 15.1. The smallest absolute Gasteiger partial charge is 0.0411 e. The molecule has 2 rings (SSSR count). The Hall–Kier alpha value is -2.28. The summed E-state index contributed by atoms with van der Waals surface area (Å²) >= 11 is 0. The zero-order valence-corrected chi connectivity index (χ0v) is 16.3. The SMILES string of the molecule is C=CCC(C)CN(c1ccccc1)c1ccc(/C=C/C)cc1.CCC. The Balaban J connectivity index is 0.000000970. The third-order valence-corrected chi connectivity index (χ3v) is 3.70. The van der Waals surface area contributed by atoms with Gasteiger partial charge in [-0.25, -0.2) is 0 Å². The first-order valence-electron chi connectivity index (χ1n) is 9.32. The lowest BCUT2D eigenvalue weighted by molar-refractivity contribution is 0.598. The monoisotopic (exact) mass is 335 g/mol. The van der Waals surface area contributed by atoms with Crippen molar-refractivity contribution in [2.45, 2.75) is 40.5 Å². The van der Waals surface area contributed by atoms with E-state index in [-0.39, 0.29) is 0 Å². The number of rotatable bonds is 7. The Labute approximate surface area is 154 Å². The summed E-state index contributed by atoms with van der Waals surface area (Å²) in [6.07, 6.45) is 8.47. The first-order valence-corrected chi connectivity index (χ1v) is 9.32. The molecular formula is C24H33N. The van der Waals surface area contributed by atoms with E-state index in [2.05, 4.69) is 99.0 Å². The number of hydrogen-bond donors (Lipinski definition) is 0. The third kappa shape index (κ3) is 7.43. The number of para-hydroxylation sites is 1. The molecule has 25 heavy (non-hydrogen) atoms. The Kier molecular flexibility index (Phi) is 10.1. The molecule has 0 amide bonds. The molecule has 0 aromatic heterocycles. The summed E-state index contributed by atoms with van der Waals surface area (Å²) in [6.45, 7) is 13.4. The van der Waals surface area contributed by atoms with Gasteiger partial charge in [0, 0.05) is 17.9 Å². The largest absolute Gasteiger partial charge is 0.341 e. The Morgan fingerprint density at radius 2 is 1.52 bits per heavy atom. The number of hydrogen-bond acceptors (Lipinski definition) is 1. The quantitative estimate of drug-likeness (QED) is 0.474. The van der Waals surface area contributed by atoms with Crippen molar-refractivity contribution in [3.63, 3.8) is 0 Å². The van der Waals surface area contributed by atoms with E-state index in [9.17, 15) is 0 Å². The fourth-order valence-electron chi connectivity index (χ4n) is 2.60. The van der Waals surface area contributed by atoms with Crippen LogP contribution >= 0.6 is 0 Å². The fourth-order valence-corrected chi connectivity index (χ4v) is 2.60. The van der Waals surface area contributed by atoms with Gasteiger partial charge in [0.1, 0.15) is 0 Å². The maximum absolute atomic E-state index is 3.86. The molecule has 0 N–H and O–H groups in total. The number of benzene rings is 2. The molecule has 0 spiro atoms. The zero-order valence-electron chi connectivity index (χ0n) is 16.3. The van der Waals surface area contributed by atoms with E-state index in [0.717, 1.165) is 13.0 Å². The molecule has 0 fully saturated rings. The summed E-state index contributed by atoms with van der Waals surface area (Å²) in [6, 6.07) is 19.3. The van der Waals surface area contributed by atoms with E-state index in [1.807, 2.05) is 13.0 Å². The molecule has 134 valence electrons. The summed E-state index contributed by atoms with van der Waals surface area (Å²) in [5, 5.41) is 0. The van der Waals surface area contributed by atoms with Gasteiger partial charge in [0.15, 0.2) is 0 Å². The van der Waals surface area contributed by atoms with E-state index >= 15 is 0 Å². The van der Waals surface area contributed by atoms with Gasteiger partial charge in [-0.2, -0.15) is 0 Å². The van der Waals surface area contributed by atoms with Crippen molar-refractivity contribution in [3.8, 4) is 0 Å². The second-order valence-electron chi connectivity index (χ2n) is 6.37. The van der Waals surface area contributed by atoms with Crippen LogP contribution in [0.4, 0.5) is 11.4 Å². The summed E-state index contributed by atoms with van der Waals surface area (Å²) in [4.78, 5) is 2.38. The van der Waals surface area contributed by atoms with Gasteiger partial charge in [0.25, 0.3) is 0 Å². The maximum Gasteiger partial charge on any atom is 0.0411 e. The number of nitrogens with zero attached hydrogens (tertiary/aromatic N) is 1. The molecular weight excluding hydrogens is 302 g/mol. The molecule has 0 bridgehead atoms. The zero-order chi connectivity index (χ0) is 18.5. The average Bonchev–Trinajstić information content (AvgIpc) is 2.62. The van der Waals surface area contributed by atoms with Crippen LogP contribution in [0.25, 0.3) is 6.08 Å². The second-order valence-corrected chi connectivity index (χ2v) is 6.37. The van der Waals surface area contributed by atoms with Crippen LogP contribution in [-0.2, 0) is 0 Å². The van der Waals surface area contributed by atoms with Gasteiger partial charge in [0.05, 0.1) is 0 Å². The first kappa shape index (κ1) is 20.8. The Morgan fingerprint density at radius 1 is 0.960 bits per heavy atom. The predicted molar refractivity (Wildman–Crippen MR) is 115 cm³/mol. The molecule has 2 aromatic rings. The van der Waals surface area contributed by atoms with E-state index in [1.165, 1.54) is 23.4 Å². The molecule has 0 radical (unpaired) electrons. The van der Waals surface area contributed by atoms with Crippen molar-refractivity contribution < 1.29 is 0 Å². The van der Waals surface area contributed by atoms with Crippen LogP contribution in [0.3, 0.4) is 0 Å². The van der Waals surface area contributed by atoms with E-state index in [1.54, 1.807) is 0 Å². The van der Waals surface area contributed by atoms with Crippen molar-refractivity contribution >= 4 is 17.5 Å². The van der Waals surface area contributed by atoms with Gasteiger partial charge < -0.3 is 4.90 Å². The number of allylic oxidation sites excluding steroid dienone is 2. The van der Waals surface area contributed by atoms with Gasteiger partial charge in [-0.1, -0.05) is 75.8 Å². The van der Waals surface area contributed by atoms with E-state index in [0.29, 0.717) is 5.92 Å². The molecule has 1 atom stereocenters. The van der Waals surface area contributed by atoms with Gasteiger partial charge in [-0.05, 0) is 49.1 Å². The Morgan fingerprint density at radius 3 is 2.04 bits per heavy atom. The van der Waals surface area contributed by atoms with Crippen molar-refractivity contribution in [2.75, 3.05) is 11.4 Å². The normalized spacial score (nSPS) is 11.5. The number of anilines is 2. The summed E-state index contributed by atoms with van der Waals surface area (Å²) in [5.41, 5.74) is 3.70. The van der Waals surface area contributed by atoms with Crippen LogP contribution < -0.4 is 4.90 Å². The minimum Gasteiger partial charge on any atom is -0.341 e. The topological polar surface area (TPSA) is 3.24 Å². The van der Waals surface area contributed by atoms with Crippen molar-refractivity contribution in [2.24, 2.45) is 5.92 Å². The highest BCUT2D eigenvalue weighted by molar-refractivity contribution is 5.65. The van der Waals surface area contributed by atoms with Crippen LogP contribution in [0.15, 0.2) is 73.3 Å². The highest BCUT2D eigenvalue weighted by Crippen LogP contribution is 2.27. The molecule has 1 unspecified atom stereocenters. The lowest BCUT2D eigenvalue weighted by Crippen LogP contribution is -2.23. The molecule has 0 heterocycles. The van der Waals surface area contributed by atoms with Gasteiger partial charge in [-0.15, -0.1) is 6.58 Å². The molecule has 2 aromatic carbocycles. The lowest BCUT2D eigenvalue weighted by atomic mass is 10.1. The lowest BCUT2D eigenvalue weighted by Gasteiger charge is -2.28. The van der Waals surface area contributed by atoms with Crippen LogP contribution in [0.5, 0.6) is 0 Å². The van der Waals surface area contributed by atoms with Crippen LogP contribution in [0.2, 0.25) is 0 Å². The third-order valence-electron chi connectivity index (χ3n) is 3.70. The maximum atomic E-state index is 3.86. The fraction of sp³-hybridized carbons (Fsp3) is 0.333. The molecule has 0 aliphatic heterocycles. The highest BCUT2D eigenvalue weighted by Gasteiger charge is 2.12. The minimum absolute atomic E-state index is 0.563. The van der Waals surface area contributed by atoms with Gasteiger partial charge >= 0.3 is 0 Å². The first-order chi connectivity index (χ1) is 12.2. The van der Waals surface area contributed by atoms with Crippen molar-refractivity contribution in [3.05, 3.63) is 78.9 Å². The molecule has 0 aliphatic carbocycles. The van der Waals surface area contributed by atoms with Crippen LogP contribution in [-0.4, -0.2) is 6.54 Å². The standard InChI is InChI=1S/C21H25N.C3H8/c1-4-9-18(3)17-22(20-11-7-6-8-12-20)21-15-13-19(10-5-2)14-16-21;1-3-2/h4-8,10-16,18H,1,9,17H2,2-3H3;3H2,1-2H3/b10-5+;. The predicted octanol–water partition coefficient (Wildman–Crippen LogP) is 7.49. The van der Waals surface area contributed by atoms with Crippen molar-refractivity contribution in [1.29, 1.82) is 0 Å². The summed E-state index contributed by atoms with van der Waals surface area (Å²) < 4.78 is 0. The molecule has 0 saturated carbocycles. The van der Waals surface area contributed by atoms with Crippen molar-refractivity contribution in [1.82, 2.24) is 0 Å². The van der Waals surface area contributed by atoms with Gasteiger partial charge in [0.2, 0.25) is 0 Å². The summed E-state index contributed by atoms with van der Waals surface area (Å²) in [7, 11) is 0. The van der Waals surface area contributed by atoms with E-state index < -0.39 is 0 Å². The van der Waals surface area contributed by atoms with Crippen LogP contribution in [0.1, 0.15) is 46.1 Å². The van der Waals surface area contributed by atoms with E-state index in [4.69, 9.17) is 0 Å². The summed E-state index contributed by atoms with van der Waals surface area (Å²) in [5.74, 6) is 0.563.